The molecule has 0 amide bonds. The van der Waals surface area contributed by atoms with Crippen molar-refractivity contribution in [2.75, 3.05) is 24.5 Å². The monoisotopic (exact) mass is 476 g/mol. The Hall–Kier alpha value is -3.14. The summed E-state index contributed by atoms with van der Waals surface area (Å²) in [6.45, 7) is 4.18. The van der Waals surface area contributed by atoms with Crippen LogP contribution in [0.5, 0.6) is 0 Å². The number of hydrogen-bond acceptors (Lipinski definition) is 8. The number of aromatic amines is 1. The van der Waals surface area contributed by atoms with Crippen LogP contribution >= 0.6 is 22.9 Å². The molecule has 5 aromatic rings. The summed E-state index contributed by atoms with van der Waals surface area (Å²) in [6, 6.07) is 9.95. The Balaban J connectivity index is 1.34. The molecule has 0 aliphatic carbocycles. The van der Waals surface area contributed by atoms with Gasteiger partial charge in [0, 0.05) is 36.5 Å². The van der Waals surface area contributed by atoms with Crippen molar-refractivity contribution in [3.63, 3.8) is 0 Å². The van der Waals surface area contributed by atoms with Crippen LogP contribution in [0.2, 0.25) is 5.02 Å². The highest BCUT2D eigenvalue weighted by molar-refractivity contribution is 7.19. The molecule has 8 nitrogen and oxygen atoms in total. The van der Waals surface area contributed by atoms with Gasteiger partial charge < -0.3 is 10.6 Å². The molecule has 166 valence electrons. The molecule has 1 aromatic carbocycles. The third-order valence-corrected chi connectivity index (χ3v) is 7.77. The van der Waals surface area contributed by atoms with Gasteiger partial charge >= 0.3 is 0 Å². The topological polar surface area (TPSA) is 110 Å². The largest absolute Gasteiger partial charge is 0.354 e. The maximum Gasteiger partial charge on any atom is 0.202 e. The molecule has 0 bridgehead atoms. The number of fused-ring (bicyclic) bond motifs is 2. The Labute approximate surface area is 198 Å². The highest BCUT2D eigenvalue weighted by Crippen LogP contribution is 2.39. The molecule has 1 saturated heterocycles. The van der Waals surface area contributed by atoms with E-state index in [-0.39, 0.29) is 5.92 Å². The zero-order chi connectivity index (χ0) is 22.5. The van der Waals surface area contributed by atoms with Gasteiger partial charge in [0.15, 0.2) is 0 Å². The maximum atomic E-state index is 6.74. The van der Waals surface area contributed by atoms with E-state index < -0.39 is 0 Å². The number of rotatable bonds is 4. The average Bonchev–Trinajstić information content (AvgIpc) is 3.55. The van der Waals surface area contributed by atoms with Gasteiger partial charge in [0.2, 0.25) is 5.65 Å². The summed E-state index contributed by atoms with van der Waals surface area (Å²) in [5, 5.41) is 9.16. The third kappa shape index (κ3) is 3.43. The predicted molar refractivity (Wildman–Crippen MR) is 132 cm³/mol. The molecule has 33 heavy (non-hydrogen) atoms. The lowest BCUT2D eigenvalue weighted by Gasteiger charge is -2.16. The average molecular weight is 477 g/mol. The van der Waals surface area contributed by atoms with E-state index in [4.69, 9.17) is 27.3 Å². The van der Waals surface area contributed by atoms with Gasteiger partial charge in [-0.15, -0.1) is 11.3 Å². The molecular weight excluding hydrogens is 456 g/mol. The zero-order valence-electron chi connectivity index (χ0n) is 17.9. The lowest BCUT2D eigenvalue weighted by atomic mass is 9.93. The van der Waals surface area contributed by atoms with E-state index in [0.717, 1.165) is 51.1 Å². The van der Waals surface area contributed by atoms with Crippen LogP contribution in [-0.2, 0) is 0 Å². The summed E-state index contributed by atoms with van der Waals surface area (Å²) >= 11 is 8.32. The minimum Gasteiger partial charge on any atom is -0.354 e. The summed E-state index contributed by atoms with van der Waals surface area (Å²) in [5.74, 6) is 1.36. The number of nitrogens with zero attached hydrogens (tertiary/aromatic N) is 6. The summed E-state index contributed by atoms with van der Waals surface area (Å²) in [7, 11) is 0. The Morgan fingerprint density at radius 2 is 2.09 bits per heavy atom. The SMILES string of the molecule is Cc1nc2ccc(-c3[nH]nc4nc(N5C[C@@H](CN)[C@@H](c6ccccn6)C5)cnc34)c(Cl)c2s1. The first kappa shape index (κ1) is 20.5. The van der Waals surface area contributed by atoms with Crippen molar-refractivity contribution in [1.29, 1.82) is 0 Å². The highest BCUT2D eigenvalue weighted by Gasteiger charge is 2.34. The second-order valence-electron chi connectivity index (χ2n) is 8.27. The number of aryl methyl sites for hydroxylation is 1. The molecular formula is C23H21ClN8S. The molecule has 0 saturated carbocycles. The first-order valence-electron chi connectivity index (χ1n) is 10.8. The minimum absolute atomic E-state index is 0.261. The number of anilines is 1. The fourth-order valence-corrected chi connectivity index (χ4v) is 5.85. The Morgan fingerprint density at radius 1 is 1.18 bits per heavy atom. The molecule has 5 heterocycles. The number of nitrogens with two attached hydrogens (primary N) is 1. The number of aromatic nitrogens is 6. The van der Waals surface area contributed by atoms with Crippen LogP contribution in [0, 0.1) is 12.8 Å². The smallest absolute Gasteiger partial charge is 0.202 e. The molecule has 1 fully saturated rings. The predicted octanol–water partition coefficient (Wildman–Crippen LogP) is 4.17. The van der Waals surface area contributed by atoms with E-state index in [1.807, 2.05) is 37.4 Å². The summed E-state index contributed by atoms with van der Waals surface area (Å²) in [5.41, 5.74) is 10.9. The van der Waals surface area contributed by atoms with Gasteiger partial charge in [-0.2, -0.15) is 5.10 Å². The van der Waals surface area contributed by atoms with E-state index in [2.05, 4.69) is 31.1 Å². The lowest BCUT2D eigenvalue weighted by molar-refractivity contribution is 0.522. The molecule has 6 rings (SSSR count). The molecule has 0 radical (unpaired) electrons. The molecule has 10 heteroatoms. The van der Waals surface area contributed by atoms with Gasteiger partial charge in [-0.3, -0.25) is 10.1 Å². The van der Waals surface area contributed by atoms with E-state index in [1.54, 1.807) is 17.5 Å². The number of halogens is 1. The first-order valence-corrected chi connectivity index (χ1v) is 11.9. The molecule has 0 unspecified atom stereocenters. The van der Waals surface area contributed by atoms with Crippen molar-refractivity contribution < 1.29 is 0 Å². The molecule has 3 N–H and O–H groups in total. The van der Waals surface area contributed by atoms with Gasteiger partial charge in [-0.25, -0.2) is 15.0 Å². The van der Waals surface area contributed by atoms with Crippen molar-refractivity contribution in [2.24, 2.45) is 11.7 Å². The fourth-order valence-electron chi connectivity index (χ4n) is 4.62. The second kappa shape index (κ2) is 8.02. The number of hydrogen-bond donors (Lipinski definition) is 2. The van der Waals surface area contributed by atoms with Crippen LogP contribution in [0.1, 0.15) is 16.6 Å². The Morgan fingerprint density at radius 3 is 2.91 bits per heavy atom. The van der Waals surface area contributed by atoms with Crippen molar-refractivity contribution in [3.8, 4) is 11.3 Å². The lowest BCUT2D eigenvalue weighted by Crippen LogP contribution is -2.23. The molecule has 0 spiro atoms. The van der Waals surface area contributed by atoms with Crippen molar-refractivity contribution >= 4 is 50.1 Å². The molecule has 1 aliphatic heterocycles. The number of H-pyrrole nitrogens is 1. The Kier molecular flexibility index (Phi) is 4.97. The van der Waals surface area contributed by atoms with Crippen molar-refractivity contribution in [2.45, 2.75) is 12.8 Å². The van der Waals surface area contributed by atoms with Crippen LogP contribution in [0.25, 0.3) is 32.6 Å². The fraction of sp³-hybridized carbons (Fsp3) is 0.261. The van der Waals surface area contributed by atoms with Crippen LogP contribution in [0.4, 0.5) is 5.82 Å². The second-order valence-corrected chi connectivity index (χ2v) is 9.85. The minimum atomic E-state index is 0.261. The van der Waals surface area contributed by atoms with Crippen LogP contribution in [0.3, 0.4) is 0 Å². The van der Waals surface area contributed by atoms with Gasteiger partial charge in [0.25, 0.3) is 0 Å². The maximum absolute atomic E-state index is 6.74. The van der Waals surface area contributed by atoms with Gasteiger partial charge in [0.05, 0.1) is 32.1 Å². The van der Waals surface area contributed by atoms with E-state index >= 15 is 0 Å². The van der Waals surface area contributed by atoms with Gasteiger partial charge in [-0.1, -0.05) is 17.7 Å². The van der Waals surface area contributed by atoms with E-state index in [9.17, 15) is 0 Å². The van der Waals surface area contributed by atoms with Crippen LogP contribution in [0.15, 0.2) is 42.7 Å². The summed E-state index contributed by atoms with van der Waals surface area (Å²) < 4.78 is 0.962. The molecule has 1 aliphatic rings. The van der Waals surface area contributed by atoms with E-state index in [1.165, 1.54) is 0 Å². The number of thiazole rings is 1. The summed E-state index contributed by atoms with van der Waals surface area (Å²) in [4.78, 5) is 20.8. The first-order chi connectivity index (χ1) is 16.1. The normalized spacial score (nSPS) is 18.6. The molecule has 2 atom stereocenters. The standard InChI is InChI=1S/C23H21ClN8S/c1-12-28-17-6-5-14(19(24)22(17)33-12)20-21-23(31-30-20)29-18(9-27-21)32-10-13(8-25)15(11-32)16-4-2-3-7-26-16/h2-7,9,13,15H,8,10-11,25H2,1H3,(H,29,30,31)/t13-,15+/m1/s1. The van der Waals surface area contributed by atoms with Crippen LogP contribution in [-0.4, -0.2) is 49.8 Å². The zero-order valence-corrected chi connectivity index (χ0v) is 19.4. The van der Waals surface area contributed by atoms with E-state index in [0.29, 0.717) is 28.6 Å². The van der Waals surface area contributed by atoms with Gasteiger partial charge in [-0.05, 0) is 43.7 Å². The van der Waals surface area contributed by atoms with Gasteiger partial charge in [0.1, 0.15) is 11.3 Å². The van der Waals surface area contributed by atoms with Crippen molar-refractivity contribution in [1.82, 2.24) is 30.1 Å². The van der Waals surface area contributed by atoms with Crippen molar-refractivity contribution in [3.05, 3.63) is 58.4 Å². The number of nitrogens with one attached hydrogen (secondary N) is 1. The molecule has 4 aromatic heterocycles. The highest BCUT2D eigenvalue weighted by atomic mass is 35.5. The van der Waals surface area contributed by atoms with Crippen LogP contribution < -0.4 is 10.6 Å². The third-order valence-electron chi connectivity index (χ3n) is 6.26. The number of benzene rings is 1. The number of pyridine rings is 1. The Bertz CT molecular complexity index is 1460. The summed E-state index contributed by atoms with van der Waals surface area (Å²) in [6.07, 6.45) is 3.64. The quantitative estimate of drug-likeness (QED) is 0.400.